The zero-order chi connectivity index (χ0) is 31.7. The van der Waals surface area contributed by atoms with Crippen LogP contribution in [0.15, 0.2) is 59.6 Å². The van der Waals surface area contributed by atoms with Crippen LogP contribution in [0.2, 0.25) is 0 Å². The molecule has 1 heterocycles. The standard InChI is InChI=1S/C29H33FN6O6S/c1-7-18-36(43(39,40)24-16-10-21(30)11-17-24)25-19-31-28(35(8-2)9-3)33-26(25)32-20(4)27(37)41-22-12-14-23(15-13-22)42-29(38)34(5)6/h1,10-17,19-20H,8-9,18H2,2-6H3,(H,31,32,33). The van der Waals surface area contributed by atoms with Crippen molar-refractivity contribution in [2.45, 2.75) is 31.7 Å². The van der Waals surface area contributed by atoms with Crippen LogP contribution in [0.3, 0.4) is 0 Å². The number of ether oxygens (including phenoxy) is 2. The minimum atomic E-state index is -4.29. The van der Waals surface area contributed by atoms with Gasteiger partial charge in [0.05, 0.1) is 17.6 Å². The number of hydrogen-bond acceptors (Lipinski definition) is 10. The van der Waals surface area contributed by atoms with Gasteiger partial charge in [0.2, 0.25) is 5.95 Å². The van der Waals surface area contributed by atoms with E-state index in [0.29, 0.717) is 19.0 Å². The minimum Gasteiger partial charge on any atom is -0.425 e. The summed E-state index contributed by atoms with van der Waals surface area (Å²) in [6.45, 7) is 6.06. The molecule has 0 saturated carbocycles. The third-order valence-corrected chi connectivity index (χ3v) is 7.80. The van der Waals surface area contributed by atoms with Crippen LogP contribution in [0.25, 0.3) is 0 Å². The second-order valence-electron chi connectivity index (χ2n) is 9.27. The van der Waals surface area contributed by atoms with Crippen LogP contribution in [-0.2, 0) is 14.8 Å². The molecule has 1 N–H and O–H groups in total. The van der Waals surface area contributed by atoms with Crippen molar-refractivity contribution in [3.8, 4) is 23.8 Å². The molecule has 0 aliphatic rings. The summed E-state index contributed by atoms with van der Waals surface area (Å²) in [5, 5.41) is 2.93. The van der Waals surface area contributed by atoms with Crippen LogP contribution < -0.4 is 24.0 Å². The molecule has 228 valence electrons. The summed E-state index contributed by atoms with van der Waals surface area (Å²) in [5.41, 5.74) is -0.0232. The lowest BCUT2D eigenvalue weighted by molar-refractivity contribution is -0.134. The highest BCUT2D eigenvalue weighted by Crippen LogP contribution is 2.31. The number of nitrogens with zero attached hydrogens (tertiary/aromatic N) is 5. The Hall–Kier alpha value is -4.90. The molecule has 0 radical (unpaired) electrons. The van der Waals surface area contributed by atoms with Gasteiger partial charge in [0.15, 0.2) is 5.82 Å². The number of carbonyl (C=O) groups is 2. The third-order valence-electron chi connectivity index (χ3n) is 6.03. The molecule has 2 aromatic carbocycles. The van der Waals surface area contributed by atoms with E-state index in [1.807, 2.05) is 18.7 Å². The van der Waals surface area contributed by atoms with Crippen molar-refractivity contribution in [2.75, 3.05) is 48.3 Å². The van der Waals surface area contributed by atoms with Crippen LogP contribution in [-0.4, -0.2) is 75.1 Å². The Labute approximate surface area is 250 Å². The molecule has 1 atom stereocenters. The van der Waals surface area contributed by atoms with E-state index in [9.17, 15) is 22.4 Å². The third kappa shape index (κ3) is 8.10. The van der Waals surface area contributed by atoms with Gasteiger partial charge in [-0.2, -0.15) is 4.98 Å². The van der Waals surface area contributed by atoms with E-state index < -0.39 is 40.5 Å². The number of terminal acetylenes is 1. The Kier molecular flexibility index (Phi) is 10.9. The summed E-state index contributed by atoms with van der Waals surface area (Å²) in [5.74, 6) is 1.75. The molecule has 0 fully saturated rings. The molecular weight excluding hydrogens is 579 g/mol. The first-order valence-electron chi connectivity index (χ1n) is 13.2. The van der Waals surface area contributed by atoms with Gasteiger partial charge in [-0.3, -0.25) is 0 Å². The maximum atomic E-state index is 13.6. The zero-order valence-electron chi connectivity index (χ0n) is 24.4. The first-order chi connectivity index (χ1) is 20.4. The Morgan fingerprint density at radius 2 is 1.60 bits per heavy atom. The fraction of sp³-hybridized carbons (Fsp3) is 0.310. The lowest BCUT2D eigenvalue weighted by Crippen LogP contribution is -2.35. The maximum absolute atomic E-state index is 13.6. The predicted molar refractivity (Wildman–Crippen MR) is 160 cm³/mol. The molecule has 0 aliphatic heterocycles. The minimum absolute atomic E-state index is 0.00762. The average Bonchev–Trinajstić information content (AvgIpc) is 2.98. The van der Waals surface area contributed by atoms with E-state index in [2.05, 4.69) is 21.2 Å². The van der Waals surface area contributed by atoms with Crippen LogP contribution in [0.1, 0.15) is 20.8 Å². The number of amides is 1. The summed E-state index contributed by atoms with van der Waals surface area (Å²) in [4.78, 5) is 36.6. The second-order valence-corrected chi connectivity index (χ2v) is 11.1. The summed E-state index contributed by atoms with van der Waals surface area (Å²) < 4.78 is 52.3. The van der Waals surface area contributed by atoms with Crippen molar-refractivity contribution in [3.63, 3.8) is 0 Å². The van der Waals surface area contributed by atoms with Gasteiger partial charge >= 0.3 is 12.1 Å². The Morgan fingerprint density at radius 1 is 1.02 bits per heavy atom. The Bertz CT molecular complexity index is 1570. The van der Waals surface area contributed by atoms with Crippen LogP contribution in [0.4, 0.5) is 26.6 Å². The highest BCUT2D eigenvalue weighted by Gasteiger charge is 2.29. The highest BCUT2D eigenvalue weighted by atomic mass is 32.2. The summed E-state index contributed by atoms with van der Waals surface area (Å²) in [6, 6.07) is 9.14. The SMILES string of the molecule is C#CCN(c1cnc(N(CC)CC)nc1NC(C)C(=O)Oc1ccc(OC(=O)N(C)C)cc1)S(=O)(=O)c1ccc(F)cc1. The molecule has 3 rings (SSSR count). The van der Waals surface area contributed by atoms with Crippen LogP contribution in [0.5, 0.6) is 11.5 Å². The molecule has 1 aromatic heterocycles. The van der Waals surface area contributed by atoms with E-state index in [-0.39, 0.29) is 27.9 Å². The lowest BCUT2D eigenvalue weighted by atomic mass is 10.3. The molecule has 0 bridgehead atoms. The smallest absolute Gasteiger partial charge is 0.414 e. The zero-order valence-corrected chi connectivity index (χ0v) is 25.3. The summed E-state index contributed by atoms with van der Waals surface area (Å²) >= 11 is 0. The van der Waals surface area contributed by atoms with Gasteiger partial charge in [-0.05, 0) is 69.3 Å². The summed E-state index contributed by atoms with van der Waals surface area (Å²) in [6.07, 6.45) is 6.27. The van der Waals surface area contributed by atoms with E-state index in [1.165, 1.54) is 42.3 Å². The molecule has 0 saturated heterocycles. The first-order valence-corrected chi connectivity index (χ1v) is 14.7. The normalized spacial score (nSPS) is 11.6. The van der Waals surface area contributed by atoms with Gasteiger partial charge in [0.25, 0.3) is 10.0 Å². The van der Waals surface area contributed by atoms with Crippen LogP contribution >= 0.6 is 0 Å². The number of rotatable bonds is 12. The molecule has 0 spiro atoms. The number of carbonyl (C=O) groups excluding carboxylic acids is 2. The number of sulfonamides is 1. The van der Waals surface area contributed by atoms with Crippen LogP contribution in [0, 0.1) is 18.2 Å². The second kappa shape index (κ2) is 14.3. The number of anilines is 3. The van der Waals surface area contributed by atoms with Gasteiger partial charge in [-0.15, -0.1) is 6.42 Å². The van der Waals surface area contributed by atoms with Crippen molar-refractivity contribution in [1.29, 1.82) is 0 Å². The van der Waals surface area contributed by atoms with Crippen molar-refractivity contribution in [3.05, 3.63) is 60.5 Å². The Balaban J connectivity index is 1.93. The number of benzene rings is 2. The predicted octanol–water partition coefficient (Wildman–Crippen LogP) is 3.76. The van der Waals surface area contributed by atoms with Gasteiger partial charge in [0.1, 0.15) is 29.0 Å². The number of halogens is 1. The van der Waals surface area contributed by atoms with Crippen molar-refractivity contribution >= 4 is 39.5 Å². The van der Waals surface area contributed by atoms with Gasteiger partial charge in [-0.25, -0.2) is 31.7 Å². The monoisotopic (exact) mass is 612 g/mol. The molecule has 43 heavy (non-hydrogen) atoms. The number of esters is 1. The lowest BCUT2D eigenvalue weighted by Gasteiger charge is -2.27. The molecule has 1 amide bonds. The average molecular weight is 613 g/mol. The van der Waals surface area contributed by atoms with E-state index >= 15 is 0 Å². The topological polar surface area (TPSA) is 134 Å². The molecule has 14 heteroatoms. The van der Waals surface area contributed by atoms with Gasteiger partial charge in [0, 0.05) is 27.2 Å². The number of nitrogens with one attached hydrogen (secondary N) is 1. The van der Waals surface area contributed by atoms with E-state index in [4.69, 9.17) is 15.9 Å². The van der Waals surface area contributed by atoms with Crippen molar-refractivity contribution in [2.24, 2.45) is 0 Å². The fourth-order valence-electron chi connectivity index (χ4n) is 3.67. The van der Waals surface area contributed by atoms with Crippen molar-refractivity contribution in [1.82, 2.24) is 14.9 Å². The fourth-order valence-corrected chi connectivity index (χ4v) is 5.04. The molecule has 0 aliphatic carbocycles. The highest BCUT2D eigenvalue weighted by molar-refractivity contribution is 7.92. The molecule has 3 aromatic rings. The van der Waals surface area contributed by atoms with E-state index in [0.717, 1.165) is 28.6 Å². The maximum Gasteiger partial charge on any atom is 0.414 e. The Morgan fingerprint density at radius 3 is 2.14 bits per heavy atom. The van der Waals surface area contributed by atoms with Gasteiger partial charge < -0.3 is 24.6 Å². The first kappa shape index (κ1) is 32.6. The number of hydrogen-bond donors (Lipinski definition) is 1. The van der Waals surface area contributed by atoms with E-state index in [1.54, 1.807) is 14.1 Å². The van der Waals surface area contributed by atoms with Gasteiger partial charge in [-0.1, -0.05) is 5.92 Å². The largest absolute Gasteiger partial charge is 0.425 e. The summed E-state index contributed by atoms with van der Waals surface area (Å²) in [7, 11) is -1.19. The molecule has 12 nitrogen and oxygen atoms in total. The number of aromatic nitrogens is 2. The quantitative estimate of drug-likeness (QED) is 0.183. The van der Waals surface area contributed by atoms with Crippen molar-refractivity contribution < 1.29 is 31.9 Å². The molecular formula is C29H33FN6O6S. The molecule has 1 unspecified atom stereocenters.